The fourth-order valence-electron chi connectivity index (χ4n) is 2.94. The van der Waals surface area contributed by atoms with Crippen LogP contribution in [-0.2, 0) is 9.59 Å². The van der Waals surface area contributed by atoms with Gasteiger partial charge in [-0.15, -0.1) is 0 Å². The SMILES string of the molecule is CC(C)(N)CNC(=O)C1CC(=O)N(C2CCCC2)C1. The van der Waals surface area contributed by atoms with Crippen LogP contribution in [0.25, 0.3) is 0 Å². The van der Waals surface area contributed by atoms with Crippen molar-refractivity contribution in [2.75, 3.05) is 13.1 Å². The smallest absolute Gasteiger partial charge is 0.225 e. The molecular weight excluding hydrogens is 242 g/mol. The molecule has 2 amide bonds. The molecule has 1 aliphatic carbocycles. The minimum atomic E-state index is -0.413. The van der Waals surface area contributed by atoms with E-state index in [-0.39, 0.29) is 17.7 Å². The van der Waals surface area contributed by atoms with Gasteiger partial charge in [-0.2, -0.15) is 0 Å². The second kappa shape index (κ2) is 5.49. The molecule has 108 valence electrons. The molecule has 0 aromatic carbocycles. The molecule has 1 atom stereocenters. The fourth-order valence-corrected chi connectivity index (χ4v) is 2.94. The third-order valence-corrected chi connectivity index (χ3v) is 4.01. The minimum absolute atomic E-state index is 0.0348. The van der Waals surface area contributed by atoms with Crippen LogP contribution in [0.5, 0.6) is 0 Å². The molecule has 5 heteroatoms. The van der Waals surface area contributed by atoms with Crippen LogP contribution >= 0.6 is 0 Å². The lowest BCUT2D eigenvalue weighted by atomic mass is 10.1. The topological polar surface area (TPSA) is 75.4 Å². The Morgan fingerprint density at radius 2 is 2.05 bits per heavy atom. The zero-order valence-electron chi connectivity index (χ0n) is 11.9. The Morgan fingerprint density at radius 3 is 2.63 bits per heavy atom. The van der Waals surface area contributed by atoms with Crippen LogP contribution < -0.4 is 11.1 Å². The summed E-state index contributed by atoms with van der Waals surface area (Å²) in [4.78, 5) is 26.0. The summed E-state index contributed by atoms with van der Waals surface area (Å²) in [6.45, 7) is 4.77. The van der Waals surface area contributed by atoms with E-state index < -0.39 is 5.54 Å². The summed E-state index contributed by atoms with van der Waals surface area (Å²) in [5, 5.41) is 2.85. The number of amides is 2. The van der Waals surface area contributed by atoms with Crippen LogP contribution in [0.2, 0.25) is 0 Å². The first-order chi connectivity index (χ1) is 8.87. The quantitative estimate of drug-likeness (QED) is 0.784. The van der Waals surface area contributed by atoms with Crippen LogP contribution in [0, 0.1) is 5.92 Å². The predicted octanol–water partition coefficient (Wildman–Crippen LogP) is 0.631. The molecular formula is C14H25N3O2. The van der Waals surface area contributed by atoms with Crippen molar-refractivity contribution in [3.8, 4) is 0 Å². The van der Waals surface area contributed by atoms with Gasteiger partial charge in [-0.3, -0.25) is 9.59 Å². The number of nitrogens with one attached hydrogen (secondary N) is 1. The van der Waals surface area contributed by atoms with Gasteiger partial charge in [0.05, 0.1) is 5.92 Å². The van der Waals surface area contributed by atoms with Gasteiger partial charge >= 0.3 is 0 Å². The molecule has 1 saturated heterocycles. The van der Waals surface area contributed by atoms with Crippen molar-refractivity contribution >= 4 is 11.8 Å². The van der Waals surface area contributed by atoms with Gasteiger partial charge in [-0.25, -0.2) is 0 Å². The number of rotatable bonds is 4. The van der Waals surface area contributed by atoms with Crippen molar-refractivity contribution in [3.05, 3.63) is 0 Å². The number of nitrogens with two attached hydrogens (primary N) is 1. The zero-order valence-corrected chi connectivity index (χ0v) is 11.9. The van der Waals surface area contributed by atoms with E-state index in [9.17, 15) is 9.59 Å². The average Bonchev–Trinajstić information content (AvgIpc) is 2.93. The van der Waals surface area contributed by atoms with E-state index in [0.29, 0.717) is 25.6 Å². The molecule has 0 spiro atoms. The lowest BCUT2D eigenvalue weighted by molar-refractivity contribution is -0.130. The third-order valence-electron chi connectivity index (χ3n) is 4.01. The Balaban J connectivity index is 1.86. The number of hydrogen-bond acceptors (Lipinski definition) is 3. The first-order valence-corrected chi connectivity index (χ1v) is 7.23. The summed E-state index contributed by atoms with van der Waals surface area (Å²) in [5.41, 5.74) is 5.43. The molecule has 2 rings (SSSR count). The van der Waals surface area contributed by atoms with Gasteiger partial charge in [0.25, 0.3) is 0 Å². The molecule has 19 heavy (non-hydrogen) atoms. The number of nitrogens with zero attached hydrogens (tertiary/aromatic N) is 1. The van der Waals surface area contributed by atoms with Crippen LogP contribution in [0.1, 0.15) is 46.0 Å². The molecule has 3 N–H and O–H groups in total. The largest absolute Gasteiger partial charge is 0.354 e. The molecule has 0 radical (unpaired) electrons. The molecule has 1 unspecified atom stereocenters. The van der Waals surface area contributed by atoms with Crippen LogP contribution in [0.15, 0.2) is 0 Å². The zero-order chi connectivity index (χ0) is 14.0. The Morgan fingerprint density at radius 1 is 1.42 bits per heavy atom. The number of carbonyl (C=O) groups is 2. The normalized spacial score (nSPS) is 25.1. The van der Waals surface area contributed by atoms with Crippen molar-refractivity contribution in [1.29, 1.82) is 0 Å². The lowest BCUT2D eigenvalue weighted by Gasteiger charge is -2.24. The van der Waals surface area contributed by atoms with Crippen LogP contribution in [-0.4, -0.2) is 41.4 Å². The summed E-state index contributed by atoms with van der Waals surface area (Å²) in [6, 6.07) is 0.372. The average molecular weight is 267 g/mol. The van der Waals surface area contributed by atoms with Gasteiger partial charge in [0.2, 0.25) is 11.8 Å². The second-order valence-corrected chi connectivity index (χ2v) is 6.59. The maximum absolute atomic E-state index is 12.1. The molecule has 0 aromatic rings. The Hall–Kier alpha value is -1.10. The van der Waals surface area contributed by atoms with E-state index in [1.165, 1.54) is 12.8 Å². The van der Waals surface area contributed by atoms with E-state index in [1.54, 1.807) is 0 Å². The predicted molar refractivity (Wildman–Crippen MR) is 73.4 cm³/mol. The van der Waals surface area contributed by atoms with E-state index in [1.807, 2.05) is 18.7 Å². The molecule has 1 heterocycles. The van der Waals surface area contributed by atoms with Crippen molar-refractivity contribution in [2.45, 2.75) is 57.5 Å². The number of carbonyl (C=O) groups excluding carboxylic acids is 2. The van der Waals surface area contributed by atoms with E-state index >= 15 is 0 Å². The highest BCUT2D eigenvalue weighted by Gasteiger charge is 2.38. The highest BCUT2D eigenvalue weighted by Crippen LogP contribution is 2.29. The molecule has 1 aliphatic heterocycles. The van der Waals surface area contributed by atoms with Gasteiger partial charge in [0.1, 0.15) is 0 Å². The Labute approximate surface area is 114 Å². The van der Waals surface area contributed by atoms with Gasteiger partial charge in [-0.05, 0) is 26.7 Å². The summed E-state index contributed by atoms with van der Waals surface area (Å²) in [7, 11) is 0. The molecule has 2 aliphatic rings. The van der Waals surface area contributed by atoms with Gasteiger partial charge in [0, 0.05) is 31.1 Å². The van der Waals surface area contributed by atoms with Crippen LogP contribution in [0.4, 0.5) is 0 Å². The third kappa shape index (κ3) is 3.69. The molecule has 2 fully saturated rings. The fraction of sp³-hybridized carbons (Fsp3) is 0.857. The van der Waals surface area contributed by atoms with Crippen molar-refractivity contribution < 1.29 is 9.59 Å². The van der Waals surface area contributed by atoms with Gasteiger partial charge in [0.15, 0.2) is 0 Å². The standard InChI is InChI=1S/C14H25N3O2/c1-14(2,15)9-16-13(19)10-7-12(18)17(8-10)11-5-3-4-6-11/h10-11H,3-9,15H2,1-2H3,(H,16,19). The second-order valence-electron chi connectivity index (χ2n) is 6.59. The molecule has 0 bridgehead atoms. The summed E-state index contributed by atoms with van der Waals surface area (Å²) < 4.78 is 0. The highest BCUT2D eigenvalue weighted by molar-refractivity contribution is 5.89. The van der Waals surface area contributed by atoms with Crippen molar-refractivity contribution in [1.82, 2.24) is 10.2 Å². The van der Waals surface area contributed by atoms with E-state index in [2.05, 4.69) is 5.32 Å². The Kier molecular flexibility index (Phi) is 4.13. The molecule has 0 aromatic heterocycles. The minimum Gasteiger partial charge on any atom is -0.354 e. The molecule has 1 saturated carbocycles. The monoisotopic (exact) mass is 267 g/mol. The maximum atomic E-state index is 12.1. The highest BCUT2D eigenvalue weighted by atomic mass is 16.2. The lowest BCUT2D eigenvalue weighted by Crippen LogP contribution is -2.47. The van der Waals surface area contributed by atoms with Gasteiger partial charge < -0.3 is 16.0 Å². The van der Waals surface area contributed by atoms with E-state index in [0.717, 1.165) is 12.8 Å². The van der Waals surface area contributed by atoms with Crippen molar-refractivity contribution in [3.63, 3.8) is 0 Å². The summed E-state index contributed by atoms with van der Waals surface area (Å²) in [5.74, 6) is -0.0955. The summed E-state index contributed by atoms with van der Waals surface area (Å²) in [6.07, 6.45) is 4.94. The maximum Gasteiger partial charge on any atom is 0.225 e. The number of likely N-dealkylation sites (tertiary alicyclic amines) is 1. The molecule has 5 nitrogen and oxygen atoms in total. The first-order valence-electron chi connectivity index (χ1n) is 7.23. The Bertz CT molecular complexity index is 356. The number of hydrogen-bond donors (Lipinski definition) is 2. The van der Waals surface area contributed by atoms with Gasteiger partial charge in [-0.1, -0.05) is 12.8 Å². The van der Waals surface area contributed by atoms with E-state index in [4.69, 9.17) is 5.73 Å². The summed E-state index contributed by atoms with van der Waals surface area (Å²) >= 11 is 0. The van der Waals surface area contributed by atoms with Crippen LogP contribution in [0.3, 0.4) is 0 Å². The van der Waals surface area contributed by atoms with Crippen molar-refractivity contribution in [2.24, 2.45) is 11.7 Å². The first kappa shape index (κ1) is 14.3.